The zero-order valence-corrected chi connectivity index (χ0v) is 9.53. The van der Waals surface area contributed by atoms with E-state index in [4.69, 9.17) is 5.73 Å². The standard InChI is InChI=1S/C12H18N2O2/c1-16-12(15)10-4-6-11(7-5-10)14-9-3-2-8-13/h4-7,14H,2-3,8-9,13H2,1H3. The number of ether oxygens (including phenoxy) is 1. The van der Waals surface area contributed by atoms with Gasteiger partial charge in [0, 0.05) is 12.2 Å². The van der Waals surface area contributed by atoms with Gasteiger partial charge in [0.15, 0.2) is 0 Å². The minimum atomic E-state index is -0.310. The van der Waals surface area contributed by atoms with Crippen LogP contribution >= 0.6 is 0 Å². The first-order valence-electron chi connectivity index (χ1n) is 5.40. The predicted octanol–water partition coefficient (Wildman–Crippen LogP) is 1.62. The van der Waals surface area contributed by atoms with E-state index in [1.165, 1.54) is 7.11 Å². The van der Waals surface area contributed by atoms with Crippen LogP contribution < -0.4 is 11.1 Å². The van der Waals surface area contributed by atoms with E-state index in [1.54, 1.807) is 12.1 Å². The Bertz CT molecular complexity index is 322. The molecule has 0 saturated heterocycles. The molecule has 0 spiro atoms. The number of methoxy groups -OCH3 is 1. The first-order valence-corrected chi connectivity index (χ1v) is 5.40. The van der Waals surface area contributed by atoms with Crippen LogP contribution in [0.2, 0.25) is 0 Å². The van der Waals surface area contributed by atoms with Gasteiger partial charge >= 0.3 is 5.97 Å². The minimum absolute atomic E-state index is 0.310. The van der Waals surface area contributed by atoms with E-state index in [0.29, 0.717) is 5.56 Å². The molecule has 0 aliphatic heterocycles. The van der Waals surface area contributed by atoms with Crippen LogP contribution in [0.5, 0.6) is 0 Å². The molecule has 4 heteroatoms. The smallest absolute Gasteiger partial charge is 0.337 e. The van der Waals surface area contributed by atoms with Gasteiger partial charge in [0.1, 0.15) is 0 Å². The lowest BCUT2D eigenvalue weighted by Crippen LogP contribution is -2.06. The molecule has 16 heavy (non-hydrogen) atoms. The van der Waals surface area contributed by atoms with E-state index in [2.05, 4.69) is 10.1 Å². The highest BCUT2D eigenvalue weighted by Crippen LogP contribution is 2.10. The third-order valence-corrected chi connectivity index (χ3v) is 2.27. The topological polar surface area (TPSA) is 64.3 Å². The second-order valence-electron chi connectivity index (χ2n) is 3.49. The van der Waals surface area contributed by atoms with Gasteiger partial charge in [-0.2, -0.15) is 0 Å². The molecule has 88 valence electrons. The van der Waals surface area contributed by atoms with Crippen LogP contribution in [0.1, 0.15) is 23.2 Å². The third kappa shape index (κ3) is 3.90. The van der Waals surface area contributed by atoms with Crippen LogP contribution in [0.15, 0.2) is 24.3 Å². The van der Waals surface area contributed by atoms with Crippen molar-refractivity contribution in [2.24, 2.45) is 5.73 Å². The van der Waals surface area contributed by atoms with Crippen molar-refractivity contribution in [1.82, 2.24) is 0 Å². The van der Waals surface area contributed by atoms with Crippen molar-refractivity contribution in [3.8, 4) is 0 Å². The predicted molar refractivity (Wildman–Crippen MR) is 64.6 cm³/mol. The first-order chi connectivity index (χ1) is 7.77. The molecule has 1 aromatic carbocycles. The van der Waals surface area contributed by atoms with Crippen LogP contribution in [0.3, 0.4) is 0 Å². The molecular weight excluding hydrogens is 204 g/mol. The number of carbonyl (C=O) groups excluding carboxylic acids is 1. The number of hydrogen-bond acceptors (Lipinski definition) is 4. The van der Waals surface area contributed by atoms with Crippen molar-refractivity contribution in [3.63, 3.8) is 0 Å². The summed E-state index contributed by atoms with van der Waals surface area (Å²) in [5.74, 6) is -0.310. The summed E-state index contributed by atoms with van der Waals surface area (Å²) in [6.45, 7) is 1.62. The number of hydrogen-bond donors (Lipinski definition) is 2. The largest absolute Gasteiger partial charge is 0.465 e. The summed E-state index contributed by atoms with van der Waals surface area (Å²) in [6.07, 6.45) is 2.07. The molecule has 0 radical (unpaired) electrons. The molecule has 1 rings (SSSR count). The summed E-state index contributed by atoms with van der Waals surface area (Å²) in [5, 5.41) is 3.26. The Hall–Kier alpha value is -1.55. The van der Waals surface area contributed by atoms with Crippen molar-refractivity contribution in [3.05, 3.63) is 29.8 Å². The van der Waals surface area contributed by atoms with Gasteiger partial charge < -0.3 is 15.8 Å². The van der Waals surface area contributed by atoms with E-state index in [1.807, 2.05) is 12.1 Å². The quantitative estimate of drug-likeness (QED) is 0.567. The van der Waals surface area contributed by atoms with Gasteiger partial charge in [0.05, 0.1) is 12.7 Å². The molecule has 0 unspecified atom stereocenters. The molecule has 0 fully saturated rings. The van der Waals surface area contributed by atoms with Crippen LogP contribution in [0.25, 0.3) is 0 Å². The van der Waals surface area contributed by atoms with Gasteiger partial charge in [0.25, 0.3) is 0 Å². The van der Waals surface area contributed by atoms with Gasteiger partial charge in [-0.15, -0.1) is 0 Å². The first kappa shape index (κ1) is 12.5. The summed E-state index contributed by atoms with van der Waals surface area (Å²) < 4.78 is 4.62. The Morgan fingerprint density at radius 3 is 2.56 bits per heavy atom. The number of unbranched alkanes of at least 4 members (excludes halogenated alkanes) is 1. The molecule has 0 bridgehead atoms. The minimum Gasteiger partial charge on any atom is -0.465 e. The van der Waals surface area contributed by atoms with Crippen molar-refractivity contribution in [1.29, 1.82) is 0 Å². The number of benzene rings is 1. The normalized spacial score (nSPS) is 9.88. The molecule has 0 aliphatic carbocycles. The maximum absolute atomic E-state index is 11.2. The fourth-order valence-electron chi connectivity index (χ4n) is 1.34. The summed E-state index contributed by atoms with van der Waals surface area (Å²) in [4.78, 5) is 11.2. The molecule has 0 aliphatic rings. The van der Waals surface area contributed by atoms with E-state index < -0.39 is 0 Å². The lowest BCUT2D eigenvalue weighted by molar-refractivity contribution is 0.0601. The Kier molecular flexibility index (Phi) is 5.36. The highest BCUT2D eigenvalue weighted by molar-refractivity contribution is 5.89. The number of nitrogens with two attached hydrogens (primary N) is 1. The number of esters is 1. The summed E-state index contributed by atoms with van der Waals surface area (Å²) in [5.41, 5.74) is 6.97. The second-order valence-corrected chi connectivity index (χ2v) is 3.49. The molecule has 4 nitrogen and oxygen atoms in total. The highest BCUT2D eigenvalue weighted by atomic mass is 16.5. The Morgan fingerprint density at radius 1 is 1.31 bits per heavy atom. The molecule has 0 aromatic heterocycles. The number of anilines is 1. The van der Waals surface area contributed by atoms with Crippen LogP contribution in [-0.2, 0) is 4.74 Å². The van der Waals surface area contributed by atoms with Crippen LogP contribution in [-0.4, -0.2) is 26.2 Å². The van der Waals surface area contributed by atoms with Crippen molar-refractivity contribution in [2.45, 2.75) is 12.8 Å². The maximum Gasteiger partial charge on any atom is 0.337 e. The lowest BCUT2D eigenvalue weighted by atomic mass is 10.2. The average Bonchev–Trinajstić information content (AvgIpc) is 2.34. The van der Waals surface area contributed by atoms with Crippen molar-refractivity contribution >= 4 is 11.7 Å². The SMILES string of the molecule is COC(=O)c1ccc(NCCCCN)cc1. The highest BCUT2D eigenvalue weighted by Gasteiger charge is 2.03. The zero-order valence-electron chi connectivity index (χ0n) is 9.53. The fourth-order valence-corrected chi connectivity index (χ4v) is 1.34. The van der Waals surface area contributed by atoms with Crippen molar-refractivity contribution in [2.75, 3.05) is 25.5 Å². The molecule has 0 heterocycles. The van der Waals surface area contributed by atoms with Gasteiger partial charge in [-0.05, 0) is 43.7 Å². The van der Waals surface area contributed by atoms with E-state index in [0.717, 1.165) is 31.6 Å². The molecule has 0 saturated carbocycles. The van der Waals surface area contributed by atoms with E-state index in [9.17, 15) is 4.79 Å². The van der Waals surface area contributed by atoms with Crippen molar-refractivity contribution < 1.29 is 9.53 Å². The van der Waals surface area contributed by atoms with Gasteiger partial charge in [0.2, 0.25) is 0 Å². The fraction of sp³-hybridized carbons (Fsp3) is 0.417. The lowest BCUT2D eigenvalue weighted by Gasteiger charge is -2.06. The third-order valence-electron chi connectivity index (χ3n) is 2.27. The summed E-state index contributed by atoms with van der Waals surface area (Å²) in [7, 11) is 1.38. The van der Waals surface area contributed by atoms with E-state index in [-0.39, 0.29) is 5.97 Å². The molecule has 3 N–H and O–H groups in total. The Morgan fingerprint density at radius 2 is 2.00 bits per heavy atom. The van der Waals surface area contributed by atoms with Gasteiger partial charge in [-0.1, -0.05) is 0 Å². The number of nitrogens with one attached hydrogen (secondary N) is 1. The average molecular weight is 222 g/mol. The van der Waals surface area contributed by atoms with Gasteiger partial charge in [-0.3, -0.25) is 0 Å². The molecule has 1 aromatic rings. The molecular formula is C12H18N2O2. The number of rotatable bonds is 6. The maximum atomic E-state index is 11.2. The Balaban J connectivity index is 2.42. The Labute approximate surface area is 95.8 Å². The number of carbonyl (C=O) groups is 1. The van der Waals surface area contributed by atoms with Crippen LogP contribution in [0.4, 0.5) is 5.69 Å². The zero-order chi connectivity index (χ0) is 11.8. The van der Waals surface area contributed by atoms with Crippen LogP contribution in [0, 0.1) is 0 Å². The molecule has 0 amide bonds. The second kappa shape index (κ2) is 6.85. The summed E-state index contributed by atoms with van der Waals surface area (Å²) >= 11 is 0. The summed E-state index contributed by atoms with van der Waals surface area (Å²) in [6, 6.07) is 7.23. The van der Waals surface area contributed by atoms with E-state index >= 15 is 0 Å². The van der Waals surface area contributed by atoms with Gasteiger partial charge in [-0.25, -0.2) is 4.79 Å². The monoisotopic (exact) mass is 222 g/mol. The molecule has 0 atom stereocenters.